The van der Waals surface area contributed by atoms with Gasteiger partial charge >= 0.3 is 5.97 Å². The van der Waals surface area contributed by atoms with Crippen LogP contribution >= 0.6 is 27.5 Å². The van der Waals surface area contributed by atoms with Crippen LogP contribution in [0.15, 0.2) is 22.7 Å². The molecule has 1 aromatic rings. The van der Waals surface area contributed by atoms with Crippen molar-refractivity contribution in [1.29, 1.82) is 0 Å². The van der Waals surface area contributed by atoms with Crippen LogP contribution in [0.25, 0.3) is 0 Å². The minimum atomic E-state index is -0.812. The second kappa shape index (κ2) is 5.61. The number of benzene rings is 1. The molecule has 2 N–H and O–H groups in total. The molecule has 2 aliphatic rings. The van der Waals surface area contributed by atoms with Crippen molar-refractivity contribution in [3.05, 3.63) is 33.3 Å². The van der Waals surface area contributed by atoms with E-state index < -0.39 is 11.9 Å². The van der Waals surface area contributed by atoms with Crippen LogP contribution in [-0.2, 0) is 4.79 Å². The Kier molecular flexibility index (Phi) is 3.97. The van der Waals surface area contributed by atoms with Gasteiger partial charge in [-0.05, 0) is 49.3 Å². The van der Waals surface area contributed by atoms with Crippen LogP contribution in [-0.4, -0.2) is 23.0 Å². The molecule has 1 amide bonds. The molecule has 0 aliphatic heterocycles. The molecule has 4 nitrogen and oxygen atoms in total. The molecule has 2 bridgehead atoms. The van der Waals surface area contributed by atoms with Gasteiger partial charge < -0.3 is 10.4 Å². The number of rotatable bonds is 3. The molecule has 1 aromatic carbocycles. The molecule has 2 fully saturated rings. The lowest BCUT2D eigenvalue weighted by atomic mass is 9.84. The number of nitrogens with one attached hydrogen (secondary N) is 1. The van der Waals surface area contributed by atoms with Crippen molar-refractivity contribution in [3.63, 3.8) is 0 Å². The molecule has 6 heteroatoms. The highest BCUT2D eigenvalue weighted by Crippen LogP contribution is 2.48. The molecular formula is C15H15BrClNO3. The standard InChI is InChI=1S/C15H15BrClNO3/c16-9-3-4-11(17)10(6-9)14(19)18-13-8-2-1-7(5-8)12(13)15(20)21/h3-4,6-8,12-13H,1-2,5H2,(H,18,19)(H,20,21). The van der Waals surface area contributed by atoms with E-state index in [1.165, 1.54) is 0 Å². The van der Waals surface area contributed by atoms with Crippen molar-refractivity contribution in [2.24, 2.45) is 17.8 Å². The Morgan fingerprint density at radius 3 is 2.71 bits per heavy atom. The van der Waals surface area contributed by atoms with E-state index >= 15 is 0 Å². The average molecular weight is 373 g/mol. The fourth-order valence-corrected chi connectivity index (χ4v) is 4.32. The van der Waals surface area contributed by atoms with Crippen molar-refractivity contribution in [2.45, 2.75) is 25.3 Å². The van der Waals surface area contributed by atoms with E-state index in [0.717, 1.165) is 23.7 Å². The quantitative estimate of drug-likeness (QED) is 0.855. The normalized spacial score (nSPS) is 30.4. The van der Waals surface area contributed by atoms with Gasteiger partial charge in [0.2, 0.25) is 0 Å². The second-order valence-electron chi connectivity index (χ2n) is 5.82. The molecule has 112 valence electrons. The summed E-state index contributed by atoms with van der Waals surface area (Å²) < 4.78 is 0.764. The van der Waals surface area contributed by atoms with Gasteiger partial charge in [-0.15, -0.1) is 0 Å². The Morgan fingerprint density at radius 1 is 1.29 bits per heavy atom. The van der Waals surface area contributed by atoms with Crippen molar-refractivity contribution in [2.75, 3.05) is 0 Å². The van der Waals surface area contributed by atoms with E-state index in [4.69, 9.17) is 11.6 Å². The third-order valence-electron chi connectivity index (χ3n) is 4.67. The molecule has 21 heavy (non-hydrogen) atoms. The summed E-state index contributed by atoms with van der Waals surface area (Å²) in [6.07, 6.45) is 2.84. The van der Waals surface area contributed by atoms with Gasteiger partial charge in [0.05, 0.1) is 16.5 Å². The van der Waals surface area contributed by atoms with Crippen LogP contribution in [0.2, 0.25) is 5.02 Å². The maximum absolute atomic E-state index is 12.4. The maximum Gasteiger partial charge on any atom is 0.308 e. The first-order valence-corrected chi connectivity index (χ1v) is 8.13. The van der Waals surface area contributed by atoms with Crippen molar-refractivity contribution in [1.82, 2.24) is 5.32 Å². The predicted molar refractivity (Wildman–Crippen MR) is 82.4 cm³/mol. The fourth-order valence-electron chi connectivity index (χ4n) is 3.75. The number of hydrogen-bond donors (Lipinski definition) is 2. The number of aliphatic carboxylic acids is 1. The summed E-state index contributed by atoms with van der Waals surface area (Å²) in [4.78, 5) is 23.9. The summed E-state index contributed by atoms with van der Waals surface area (Å²) in [7, 11) is 0. The number of hydrogen-bond acceptors (Lipinski definition) is 2. The lowest BCUT2D eigenvalue weighted by Gasteiger charge is -2.29. The highest BCUT2D eigenvalue weighted by molar-refractivity contribution is 9.10. The van der Waals surface area contributed by atoms with Crippen LogP contribution in [0.1, 0.15) is 29.6 Å². The van der Waals surface area contributed by atoms with Gasteiger partial charge in [-0.3, -0.25) is 9.59 Å². The molecular weight excluding hydrogens is 358 g/mol. The number of carbonyl (C=O) groups excluding carboxylic acids is 1. The fraction of sp³-hybridized carbons (Fsp3) is 0.467. The van der Waals surface area contributed by atoms with Gasteiger partial charge in [0.1, 0.15) is 0 Å². The molecule has 2 saturated carbocycles. The molecule has 0 heterocycles. The largest absolute Gasteiger partial charge is 0.481 e. The van der Waals surface area contributed by atoms with Crippen LogP contribution in [0.5, 0.6) is 0 Å². The Balaban J connectivity index is 1.81. The van der Waals surface area contributed by atoms with Gasteiger partial charge in [-0.2, -0.15) is 0 Å². The Labute approximate surface area is 136 Å². The topological polar surface area (TPSA) is 66.4 Å². The Hall–Kier alpha value is -1.07. The number of fused-ring (bicyclic) bond motifs is 2. The number of halogens is 2. The summed E-state index contributed by atoms with van der Waals surface area (Å²) in [5, 5.41) is 12.7. The van der Waals surface area contributed by atoms with Crippen LogP contribution in [0.3, 0.4) is 0 Å². The van der Waals surface area contributed by atoms with Gasteiger partial charge in [0, 0.05) is 10.5 Å². The zero-order chi connectivity index (χ0) is 15.1. The Bertz CT molecular complexity index is 607. The Morgan fingerprint density at radius 2 is 2.00 bits per heavy atom. The third-order valence-corrected chi connectivity index (χ3v) is 5.50. The summed E-state index contributed by atoms with van der Waals surface area (Å²) in [6, 6.07) is 4.77. The molecule has 0 aromatic heterocycles. The van der Waals surface area contributed by atoms with Crippen molar-refractivity contribution < 1.29 is 14.7 Å². The summed E-state index contributed by atoms with van der Waals surface area (Å²) >= 11 is 9.37. The second-order valence-corrected chi connectivity index (χ2v) is 7.14. The zero-order valence-electron chi connectivity index (χ0n) is 11.2. The van der Waals surface area contributed by atoms with Crippen LogP contribution in [0, 0.1) is 17.8 Å². The first-order chi connectivity index (χ1) is 9.97. The molecule has 2 aliphatic carbocycles. The minimum absolute atomic E-state index is 0.191. The molecule has 0 radical (unpaired) electrons. The maximum atomic E-state index is 12.4. The monoisotopic (exact) mass is 371 g/mol. The number of carboxylic acid groups (broad SMARTS) is 1. The zero-order valence-corrected chi connectivity index (χ0v) is 13.5. The third kappa shape index (κ3) is 2.69. The average Bonchev–Trinajstić information content (AvgIpc) is 3.02. The van der Waals surface area contributed by atoms with Crippen LogP contribution in [0.4, 0.5) is 0 Å². The first kappa shape index (κ1) is 14.9. The number of amides is 1. The summed E-state index contributed by atoms with van der Waals surface area (Å²) in [5.41, 5.74) is 0.373. The minimum Gasteiger partial charge on any atom is -0.481 e. The smallest absolute Gasteiger partial charge is 0.308 e. The summed E-state index contributed by atoms with van der Waals surface area (Å²) in [6.45, 7) is 0. The highest BCUT2D eigenvalue weighted by atomic mass is 79.9. The highest BCUT2D eigenvalue weighted by Gasteiger charge is 2.51. The van der Waals surface area contributed by atoms with E-state index in [1.54, 1.807) is 18.2 Å². The van der Waals surface area contributed by atoms with E-state index in [9.17, 15) is 14.7 Å². The van der Waals surface area contributed by atoms with Crippen molar-refractivity contribution >= 4 is 39.4 Å². The lowest BCUT2D eigenvalue weighted by Crippen LogP contribution is -2.46. The van der Waals surface area contributed by atoms with Gasteiger partial charge in [-0.1, -0.05) is 27.5 Å². The number of carboxylic acids is 1. The predicted octanol–water partition coefficient (Wildman–Crippen LogP) is 3.33. The van der Waals surface area contributed by atoms with Gasteiger partial charge in [-0.25, -0.2) is 0 Å². The molecule has 4 atom stereocenters. The van der Waals surface area contributed by atoms with Gasteiger partial charge in [0.15, 0.2) is 0 Å². The van der Waals surface area contributed by atoms with Crippen LogP contribution < -0.4 is 5.32 Å². The van der Waals surface area contributed by atoms with E-state index in [1.807, 2.05) is 0 Å². The molecule has 0 spiro atoms. The van der Waals surface area contributed by atoms with Gasteiger partial charge in [0.25, 0.3) is 5.91 Å². The lowest BCUT2D eigenvalue weighted by molar-refractivity contribution is -0.144. The summed E-state index contributed by atoms with van der Waals surface area (Å²) in [5.74, 6) is -1.13. The molecule has 3 rings (SSSR count). The SMILES string of the molecule is O=C(NC1C2CCC(C2)C1C(=O)O)c1cc(Br)ccc1Cl. The molecule has 4 unspecified atom stereocenters. The van der Waals surface area contributed by atoms with Crippen molar-refractivity contribution in [3.8, 4) is 0 Å². The van der Waals surface area contributed by atoms with E-state index in [0.29, 0.717) is 10.6 Å². The number of carbonyl (C=O) groups is 2. The van der Waals surface area contributed by atoms with E-state index in [-0.39, 0.29) is 23.8 Å². The molecule has 0 saturated heterocycles. The van der Waals surface area contributed by atoms with E-state index in [2.05, 4.69) is 21.2 Å². The first-order valence-electron chi connectivity index (χ1n) is 6.96.